The van der Waals surface area contributed by atoms with Crippen LogP contribution in [0.5, 0.6) is 0 Å². The maximum absolute atomic E-state index is 8.96. The third-order valence-electron chi connectivity index (χ3n) is 2.51. The van der Waals surface area contributed by atoms with Crippen LogP contribution in [-0.4, -0.2) is 23.8 Å². The van der Waals surface area contributed by atoms with Gasteiger partial charge in [-0.15, -0.1) is 0 Å². The lowest BCUT2D eigenvalue weighted by atomic mass is 9.89. The van der Waals surface area contributed by atoms with Crippen molar-refractivity contribution >= 4 is 0 Å². The Morgan fingerprint density at radius 2 is 2.00 bits per heavy atom. The molecule has 0 aliphatic heterocycles. The van der Waals surface area contributed by atoms with Gasteiger partial charge in [-0.05, 0) is 38.1 Å². The first kappa shape index (κ1) is 6.62. The minimum atomic E-state index is -0.00305. The van der Waals surface area contributed by atoms with Gasteiger partial charge in [-0.1, -0.05) is 0 Å². The van der Waals surface area contributed by atoms with E-state index in [1.165, 1.54) is 19.4 Å². The molecule has 2 aliphatic carbocycles. The molecule has 2 aliphatic rings. The van der Waals surface area contributed by atoms with Gasteiger partial charge in [-0.25, -0.2) is 0 Å². The Hall–Kier alpha value is -0.0800. The standard InChI is InChI=1S/C8H15NO/c10-8-3-7(4-8)9-5-6-1-2-6/h6-10H,1-5H2. The third-order valence-corrected chi connectivity index (χ3v) is 2.51. The maximum Gasteiger partial charge on any atom is 0.0570 e. The minimum Gasteiger partial charge on any atom is -0.393 e. The highest BCUT2D eigenvalue weighted by atomic mass is 16.3. The van der Waals surface area contributed by atoms with Gasteiger partial charge in [-0.3, -0.25) is 0 Å². The van der Waals surface area contributed by atoms with Crippen LogP contribution in [0, 0.1) is 5.92 Å². The van der Waals surface area contributed by atoms with Crippen LogP contribution in [0.3, 0.4) is 0 Å². The number of aliphatic hydroxyl groups is 1. The maximum atomic E-state index is 8.96. The van der Waals surface area contributed by atoms with Gasteiger partial charge in [-0.2, -0.15) is 0 Å². The molecule has 2 rings (SSSR count). The Morgan fingerprint density at radius 3 is 2.50 bits per heavy atom. The molecule has 0 aromatic heterocycles. The summed E-state index contributed by atoms with van der Waals surface area (Å²) in [6.45, 7) is 1.19. The van der Waals surface area contributed by atoms with Gasteiger partial charge < -0.3 is 10.4 Å². The molecule has 58 valence electrons. The van der Waals surface area contributed by atoms with E-state index < -0.39 is 0 Å². The van der Waals surface area contributed by atoms with E-state index in [9.17, 15) is 0 Å². The molecule has 0 radical (unpaired) electrons. The van der Waals surface area contributed by atoms with Crippen molar-refractivity contribution in [3.63, 3.8) is 0 Å². The summed E-state index contributed by atoms with van der Waals surface area (Å²) >= 11 is 0. The van der Waals surface area contributed by atoms with Gasteiger partial charge in [0.15, 0.2) is 0 Å². The molecule has 0 amide bonds. The number of nitrogens with one attached hydrogen (secondary N) is 1. The summed E-state index contributed by atoms with van der Waals surface area (Å²) in [5, 5.41) is 12.4. The molecule has 0 aromatic rings. The van der Waals surface area contributed by atoms with Crippen LogP contribution in [-0.2, 0) is 0 Å². The minimum absolute atomic E-state index is 0.00305. The van der Waals surface area contributed by atoms with Crippen LogP contribution in [0.4, 0.5) is 0 Å². The molecular formula is C8H15NO. The van der Waals surface area contributed by atoms with Crippen molar-refractivity contribution < 1.29 is 5.11 Å². The normalized spacial score (nSPS) is 39.3. The van der Waals surface area contributed by atoms with Crippen molar-refractivity contribution in [3.8, 4) is 0 Å². The predicted molar refractivity (Wildman–Crippen MR) is 39.8 cm³/mol. The third kappa shape index (κ3) is 1.50. The van der Waals surface area contributed by atoms with E-state index in [4.69, 9.17) is 5.11 Å². The molecule has 0 saturated heterocycles. The summed E-state index contributed by atoms with van der Waals surface area (Å²) in [4.78, 5) is 0. The van der Waals surface area contributed by atoms with E-state index in [1.54, 1.807) is 0 Å². The van der Waals surface area contributed by atoms with Crippen molar-refractivity contribution in [3.05, 3.63) is 0 Å². The monoisotopic (exact) mass is 141 g/mol. The molecule has 0 unspecified atom stereocenters. The average molecular weight is 141 g/mol. The molecule has 10 heavy (non-hydrogen) atoms. The Balaban J connectivity index is 1.54. The fraction of sp³-hybridized carbons (Fsp3) is 1.00. The number of hydrogen-bond donors (Lipinski definition) is 2. The molecular weight excluding hydrogens is 126 g/mol. The van der Waals surface area contributed by atoms with Crippen molar-refractivity contribution in [1.82, 2.24) is 5.32 Å². The lowest BCUT2D eigenvalue weighted by molar-refractivity contribution is 0.0623. The second kappa shape index (κ2) is 2.51. The molecule has 0 heterocycles. The van der Waals surface area contributed by atoms with Gasteiger partial charge in [0.2, 0.25) is 0 Å². The van der Waals surface area contributed by atoms with Gasteiger partial charge in [0.25, 0.3) is 0 Å². The first-order valence-corrected chi connectivity index (χ1v) is 4.26. The highest BCUT2D eigenvalue weighted by Gasteiger charge is 2.29. The largest absolute Gasteiger partial charge is 0.393 e. The van der Waals surface area contributed by atoms with E-state index in [2.05, 4.69) is 5.32 Å². The smallest absolute Gasteiger partial charge is 0.0570 e. The van der Waals surface area contributed by atoms with Crippen molar-refractivity contribution in [2.45, 2.75) is 37.8 Å². The molecule has 2 nitrogen and oxygen atoms in total. The molecule has 2 heteroatoms. The second-order valence-electron chi connectivity index (χ2n) is 3.67. The fourth-order valence-electron chi connectivity index (χ4n) is 1.41. The summed E-state index contributed by atoms with van der Waals surface area (Å²) in [7, 11) is 0. The Labute approximate surface area is 61.6 Å². The summed E-state index contributed by atoms with van der Waals surface area (Å²) < 4.78 is 0. The zero-order chi connectivity index (χ0) is 6.97. The average Bonchev–Trinajstić information content (AvgIpc) is 2.60. The number of hydrogen-bond acceptors (Lipinski definition) is 2. The molecule has 0 bridgehead atoms. The molecule has 2 fully saturated rings. The Kier molecular flexibility index (Phi) is 1.66. The van der Waals surface area contributed by atoms with Crippen molar-refractivity contribution in [2.24, 2.45) is 5.92 Å². The van der Waals surface area contributed by atoms with Crippen LogP contribution in [0.1, 0.15) is 25.7 Å². The zero-order valence-corrected chi connectivity index (χ0v) is 6.21. The van der Waals surface area contributed by atoms with Crippen LogP contribution in [0.25, 0.3) is 0 Å². The molecule has 0 spiro atoms. The topological polar surface area (TPSA) is 32.3 Å². The number of aliphatic hydroxyl groups excluding tert-OH is 1. The Morgan fingerprint density at radius 1 is 1.30 bits per heavy atom. The fourth-order valence-corrected chi connectivity index (χ4v) is 1.41. The SMILES string of the molecule is OC1CC(NCC2CC2)C1. The van der Waals surface area contributed by atoms with E-state index in [0.717, 1.165) is 18.8 Å². The van der Waals surface area contributed by atoms with E-state index >= 15 is 0 Å². The predicted octanol–water partition coefficient (Wildman–Crippen LogP) is 0.509. The highest BCUT2D eigenvalue weighted by molar-refractivity contribution is 4.86. The van der Waals surface area contributed by atoms with Gasteiger partial charge in [0.05, 0.1) is 6.10 Å². The zero-order valence-electron chi connectivity index (χ0n) is 6.21. The highest BCUT2D eigenvalue weighted by Crippen LogP contribution is 2.29. The van der Waals surface area contributed by atoms with Crippen molar-refractivity contribution in [2.75, 3.05) is 6.54 Å². The van der Waals surface area contributed by atoms with Crippen LogP contribution >= 0.6 is 0 Å². The van der Waals surface area contributed by atoms with Crippen LogP contribution < -0.4 is 5.32 Å². The first-order valence-electron chi connectivity index (χ1n) is 4.26. The lowest BCUT2D eigenvalue weighted by Gasteiger charge is -2.32. The lowest BCUT2D eigenvalue weighted by Crippen LogP contribution is -2.44. The second-order valence-corrected chi connectivity index (χ2v) is 3.67. The first-order chi connectivity index (χ1) is 4.84. The molecule has 2 N–H and O–H groups in total. The van der Waals surface area contributed by atoms with E-state index in [-0.39, 0.29) is 6.10 Å². The summed E-state index contributed by atoms with van der Waals surface area (Å²) in [5.41, 5.74) is 0. The molecule has 0 atom stereocenters. The summed E-state index contributed by atoms with van der Waals surface area (Å²) in [5.74, 6) is 0.970. The van der Waals surface area contributed by atoms with Crippen LogP contribution in [0.2, 0.25) is 0 Å². The van der Waals surface area contributed by atoms with Crippen molar-refractivity contribution in [1.29, 1.82) is 0 Å². The van der Waals surface area contributed by atoms with Crippen LogP contribution in [0.15, 0.2) is 0 Å². The van der Waals surface area contributed by atoms with Gasteiger partial charge >= 0.3 is 0 Å². The summed E-state index contributed by atoms with van der Waals surface area (Å²) in [6.07, 6.45) is 4.79. The molecule has 2 saturated carbocycles. The Bertz CT molecular complexity index is 116. The molecule has 0 aromatic carbocycles. The van der Waals surface area contributed by atoms with E-state index in [1.807, 2.05) is 0 Å². The quantitative estimate of drug-likeness (QED) is 0.600. The van der Waals surface area contributed by atoms with Gasteiger partial charge in [0, 0.05) is 6.04 Å². The van der Waals surface area contributed by atoms with Gasteiger partial charge in [0.1, 0.15) is 0 Å². The number of rotatable bonds is 3. The summed E-state index contributed by atoms with van der Waals surface area (Å²) in [6, 6.07) is 0.635. The van der Waals surface area contributed by atoms with E-state index in [0.29, 0.717) is 6.04 Å².